The summed E-state index contributed by atoms with van der Waals surface area (Å²) < 4.78 is 1.98. The molecule has 1 aliphatic rings. The van der Waals surface area contributed by atoms with Crippen LogP contribution in [-0.2, 0) is 7.05 Å². The second kappa shape index (κ2) is 4.04. The molecule has 18 heavy (non-hydrogen) atoms. The molecule has 0 radical (unpaired) electrons. The molecule has 0 N–H and O–H groups in total. The monoisotopic (exact) mass is 244 g/mol. The van der Waals surface area contributed by atoms with Gasteiger partial charge in [0, 0.05) is 31.5 Å². The zero-order valence-electron chi connectivity index (χ0n) is 10.8. The Hall–Kier alpha value is -1.98. The lowest BCUT2D eigenvalue weighted by atomic mass is 10.00. The van der Waals surface area contributed by atoms with Gasteiger partial charge in [0.2, 0.25) is 5.95 Å². The highest BCUT2D eigenvalue weighted by Crippen LogP contribution is 2.28. The third-order valence-electron chi connectivity index (χ3n) is 3.25. The first kappa shape index (κ1) is 11.1. The van der Waals surface area contributed by atoms with E-state index in [1.165, 1.54) is 0 Å². The summed E-state index contributed by atoms with van der Waals surface area (Å²) in [6.07, 6.45) is 1.74. The molecular weight excluding hydrogens is 228 g/mol. The summed E-state index contributed by atoms with van der Waals surface area (Å²) in [4.78, 5) is 11.1. The maximum Gasteiger partial charge on any atom is 0.225 e. The number of nitrogens with zero attached hydrogens (tertiary/aromatic N) is 6. The van der Waals surface area contributed by atoms with Crippen molar-refractivity contribution in [1.29, 1.82) is 0 Å². The van der Waals surface area contributed by atoms with E-state index in [0.717, 1.165) is 36.3 Å². The molecular formula is C12H16N6. The average molecular weight is 244 g/mol. The van der Waals surface area contributed by atoms with E-state index in [9.17, 15) is 0 Å². The molecule has 1 saturated heterocycles. The minimum absolute atomic E-state index is 0.432. The summed E-state index contributed by atoms with van der Waals surface area (Å²) >= 11 is 0. The highest BCUT2D eigenvalue weighted by atomic mass is 15.3. The Labute approximate surface area is 106 Å². The van der Waals surface area contributed by atoms with Gasteiger partial charge >= 0.3 is 0 Å². The van der Waals surface area contributed by atoms with Crippen LogP contribution in [0.25, 0.3) is 0 Å². The normalized spacial score (nSPS) is 15.8. The first-order chi connectivity index (χ1) is 8.63. The lowest BCUT2D eigenvalue weighted by Gasteiger charge is -2.38. The molecule has 0 spiro atoms. The van der Waals surface area contributed by atoms with Crippen LogP contribution >= 0.6 is 0 Å². The van der Waals surface area contributed by atoms with E-state index in [4.69, 9.17) is 0 Å². The van der Waals surface area contributed by atoms with Crippen LogP contribution < -0.4 is 4.90 Å². The Morgan fingerprint density at radius 1 is 1.17 bits per heavy atom. The van der Waals surface area contributed by atoms with Crippen molar-refractivity contribution in [1.82, 2.24) is 24.7 Å². The lowest BCUT2D eigenvalue weighted by molar-refractivity contribution is 0.477. The van der Waals surface area contributed by atoms with Crippen LogP contribution in [0.3, 0.4) is 0 Å². The van der Waals surface area contributed by atoms with Crippen LogP contribution in [0.4, 0.5) is 5.95 Å². The SMILES string of the molecule is Cc1cc(C)nc(N2CC(c3nncn3C)C2)n1. The Morgan fingerprint density at radius 2 is 1.83 bits per heavy atom. The molecule has 0 aromatic carbocycles. The van der Waals surface area contributed by atoms with E-state index < -0.39 is 0 Å². The molecule has 3 heterocycles. The molecule has 6 heteroatoms. The maximum atomic E-state index is 4.47. The standard InChI is InChI=1S/C12H16N6/c1-8-4-9(2)15-12(14-8)18-5-10(6-18)11-16-13-7-17(11)3/h4,7,10H,5-6H2,1-3H3. The Bertz CT molecular complexity index is 549. The van der Waals surface area contributed by atoms with Gasteiger partial charge in [0.15, 0.2) is 0 Å². The quantitative estimate of drug-likeness (QED) is 0.783. The van der Waals surface area contributed by atoms with Gasteiger partial charge < -0.3 is 9.47 Å². The van der Waals surface area contributed by atoms with Gasteiger partial charge in [-0.3, -0.25) is 0 Å². The highest BCUT2D eigenvalue weighted by molar-refractivity contribution is 5.38. The Morgan fingerprint density at radius 3 is 2.39 bits per heavy atom. The lowest BCUT2D eigenvalue weighted by Crippen LogP contribution is -2.47. The molecule has 0 atom stereocenters. The number of hydrogen-bond acceptors (Lipinski definition) is 5. The van der Waals surface area contributed by atoms with Crippen LogP contribution in [-0.4, -0.2) is 37.8 Å². The molecule has 0 unspecified atom stereocenters. The van der Waals surface area contributed by atoms with Crippen molar-refractivity contribution in [3.05, 3.63) is 29.6 Å². The van der Waals surface area contributed by atoms with Crippen molar-refractivity contribution >= 4 is 5.95 Å². The van der Waals surface area contributed by atoms with Crippen LogP contribution in [0.15, 0.2) is 12.4 Å². The van der Waals surface area contributed by atoms with E-state index in [1.807, 2.05) is 31.5 Å². The van der Waals surface area contributed by atoms with Gasteiger partial charge in [-0.25, -0.2) is 9.97 Å². The van der Waals surface area contributed by atoms with E-state index in [0.29, 0.717) is 5.92 Å². The van der Waals surface area contributed by atoms with Crippen LogP contribution in [0, 0.1) is 13.8 Å². The van der Waals surface area contributed by atoms with Gasteiger partial charge in [0.05, 0.1) is 5.92 Å². The fourth-order valence-electron chi connectivity index (χ4n) is 2.32. The molecule has 0 bridgehead atoms. The smallest absolute Gasteiger partial charge is 0.225 e. The van der Waals surface area contributed by atoms with Gasteiger partial charge in [-0.05, 0) is 19.9 Å². The minimum atomic E-state index is 0.432. The first-order valence-corrected chi connectivity index (χ1v) is 6.04. The summed E-state index contributed by atoms with van der Waals surface area (Å²) in [7, 11) is 1.98. The van der Waals surface area contributed by atoms with Crippen molar-refractivity contribution in [2.24, 2.45) is 7.05 Å². The Kier molecular flexibility index (Phi) is 2.50. The molecule has 0 saturated carbocycles. The van der Waals surface area contributed by atoms with Gasteiger partial charge in [-0.2, -0.15) is 0 Å². The number of anilines is 1. The van der Waals surface area contributed by atoms with Crippen LogP contribution in [0.1, 0.15) is 23.1 Å². The van der Waals surface area contributed by atoms with E-state index in [-0.39, 0.29) is 0 Å². The third kappa shape index (κ3) is 1.83. The summed E-state index contributed by atoms with van der Waals surface area (Å²) in [6, 6.07) is 1.99. The molecule has 0 amide bonds. The van der Waals surface area contributed by atoms with Crippen LogP contribution in [0.5, 0.6) is 0 Å². The summed E-state index contributed by atoms with van der Waals surface area (Å²) in [5, 5.41) is 8.06. The highest BCUT2D eigenvalue weighted by Gasteiger charge is 2.33. The van der Waals surface area contributed by atoms with Crippen molar-refractivity contribution in [3.8, 4) is 0 Å². The average Bonchev–Trinajstić information content (AvgIpc) is 2.61. The molecule has 2 aromatic rings. The molecule has 94 valence electrons. The van der Waals surface area contributed by atoms with Crippen molar-refractivity contribution in [2.75, 3.05) is 18.0 Å². The third-order valence-corrected chi connectivity index (χ3v) is 3.25. The second-order valence-corrected chi connectivity index (χ2v) is 4.85. The molecule has 1 fully saturated rings. The van der Waals surface area contributed by atoms with Crippen molar-refractivity contribution in [2.45, 2.75) is 19.8 Å². The van der Waals surface area contributed by atoms with E-state index in [2.05, 4.69) is 25.1 Å². The second-order valence-electron chi connectivity index (χ2n) is 4.85. The van der Waals surface area contributed by atoms with Crippen molar-refractivity contribution < 1.29 is 0 Å². The van der Waals surface area contributed by atoms with Gasteiger partial charge in [-0.1, -0.05) is 0 Å². The minimum Gasteiger partial charge on any atom is -0.339 e. The fourth-order valence-corrected chi connectivity index (χ4v) is 2.32. The van der Waals surface area contributed by atoms with Crippen LogP contribution in [0.2, 0.25) is 0 Å². The number of aryl methyl sites for hydroxylation is 3. The molecule has 1 aliphatic heterocycles. The molecule has 0 aliphatic carbocycles. The predicted octanol–water partition coefficient (Wildman–Crippen LogP) is 0.826. The van der Waals surface area contributed by atoms with Gasteiger partial charge in [-0.15, -0.1) is 10.2 Å². The summed E-state index contributed by atoms with van der Waals surface area (Å²) in [5.41, 5.74) is 2.03. The zero-order chi connectivity index (χ0) is 12.7. The number of aromatic nitrogens is 5. The number of hydrogen-bond donors (Lipinski definition) is 0. The fraction of sp³-hybridized carbons (Fsp3) is 0.500. The zero-order valence-corrected chi connectivity index (χ0v) is 10.8. The molecule has 6 nitrogen and oxygen atoms in total. The van der Waals surface area contributed by atoms with Gasteiger partial charge in [0.25, 0.3) is 0 Å². The summed E-state index contributed by atoms with van der Waals surface area (Å²) in [5.74, 6) is 2.29. The molecule has 3 rings (SSSR count). The number of rotatable bonds is 2. The topological polar surface area (TPSA) is 59.7 Å². The Balaban J connectivity index is 1.74. The maximum absolute atomic E-state index is 4.47. The predicted molar refractivity (Wildman–Crippen MR) is 67.5 cm³/mol. The van der Waals surface area contributed by atoms with E-state index in [1.54, 1.807) is 6.33 Å². The van der Waals surface area contributed by atoms with Crippen molar-refractivity contribution in [3.63, 3.8) is 0 Å². The van der Waals surface area contributed by atoms with E-state index >= 15 is 0 Å². The first-order valence-electron chi connectivity index (χ1n) is 6.04. The largest absolute Gasteiger partial charge is 0.339 e. The molecule has 2 aromatic heterocycles. The summed E-state index contributed by atoms with van der Waals surface area (Å²) in [6.45, 7) is 5.82. The van der Waals surface area contributed by atoms with Gasteiger partial charge in [0.1, 0.15) is 12.2 Å².